The van der Waals surface area contributed by atoms with Gasteiger partial charge in [-0.2, -0.15) is 0 Å². The number of amides is 2. The Balaban J connectivity index is 2.45. The van der Waals surface area contributed by atoms with Crippen LogP contribution in [0.2, 0.25) is 0 Å². The van der Waals surface area contributed by atoms with Gasteiger partial charge in [0.15, 0.2) is 5.82 Å². The normalized spacial score (nSPS) is 9.36. The van der Waals surface area contributed by atoms with E-state index in [2.05, 4.69) is 15.8 Å². The molecule has 0 radical (unpaired) electrons. The maximum absolute atomic E-state index is 11.2. The van der Waals surface area contributed by atoms with Crippen LogP contribution in [0.4, 0.5) is 10.6 Å². The molecule has 0 saturated carbocycles. The maximum atomic E-state index is 11.2. The number of carbonyl (C=O) groups is 1. The third-order valence-electron chi connectivity index (χ3n) is 1.36. The van der Waals surface area contributed by atoms with E-state index < -0.39 is 0 Å². The van der Waals surface area contributed by atoms with Crippen LogP contribution in [-0.2, 0) is 0 Å². The van der Waals surface area contributed by atoms with Gasteiger partial charge in [0.25, 0.3) is 0 Å². The lowest BCUT2D eigenvalue weighted by atomic mass is 10.4. The number of hydrogen-bond donors (Lipinski definition) is 2. The number of rotatable bonds is 2. The van der Waals surface area contributed by atoms with Gasteiger partial charge in [-0.1, -0.05) is 10.7 Å². The maximum Gasteiger partial charge on any atom is 0.324 e. The molecular formula is C9H13N3O2. The molecule has 14 heavy (non-hydrogen) atoms. The van der Waals surface area contributed by atoms with Crippen LogP contribution in [-0.4, -0.2) is 11.2 Å². The van der Waals surface area contributed by atoms with E-state index in [0.29, 0.717) is 11.6 Å². The molecule has 1 heterocycles. The Morgan fingerprint density at radius 2 is 2.29 bits per heavy atom. The van der Waals surface area contributed by atoms with E-state index in [-0.39, 0.29) is 6.03 Å². The highest BCUT2D eigenvalue weighted by Crippen LogP contribution is 2.06. The lowest BCUT2D eigenvalue weighted by Gasteiger charge is -1.99. The fourth-order valence-corrected chi connectivity index (χ4v) is 0.788. The number of aryl methyl sites for hydroxylation is 1. The molecule has 0 fully saturated rings. The van der Waals surface area contributed by atoms with Crippen molar-refractivity contribution in [1.29, 1.82) is 0 Å². The smallest absolute Gasteiger partial charge is 0.324 e. The molecule has 0 aliphatic heterocycles. The van der Waals surface area contributed by atoms with Crippen LogP contribution >= 0.6 is 0 Å². The quantitative estimate of drug-likeness (QED) is 0.758. The third kappa shape index (κ3) is 3.30. The molecule has 1 aromatic rings. The van der Waals surface area contributed by atoms with E-state index >= 15 is 0 Å². The topological polar surface area (TPSA) is 67.2 Å². The van der Waals surface area contributed by atoms with Crippen molar-refractivity contribution in [3.63, 3.8) is 0 Å². The Morgan fingerprint density at radius 3 is 2.79 bits per heavy atom. The zero-order chi connectivity index (χ0) is 10.6. The summed E-state index contributed by atoms with van der Waals surface area (Å²) in [4.78, 5) is 11.2. The fraction of sp³-hybridized carbons (Fsp3) is 0.333. The predicted molar refractivity (Wildman–Crippen MR) is 52.8 cm³/mol. The van der Waals surface area contributed by atoms with E-state index in [9.17, 15) is 4.79 Å². The van der Waals surface area contributed by atoms with Crippen LogP contribution in [0, 0.1) is 6.92 Å². The second kappa shape index (κ2) is 4.45. The van der Waals surface area contributed by atoms with Gasteiger partial charge in [-0.15, -0.1) is 0 Å². The number of anilines is 1. The van der Waals surface area contributed by atoms with Crippen LogP contribution < -0.4 is 10.6 Å². The van der Waals surface area contributed by atoms with Crippen molar-refractivity contribution in [1.82, 2.24) is 10.5 Å². The summed E-state index contributed by atoms with van der Waals surface area (Å²) >= 11 is 0. The van der Waals surface area contributed by atoms with Gasteiger partial charge in [0.1, 0.15) is 5.76 Å². The average Bonchev–Trinajstić information content (AvgIpc) is 2.48. The molecule has 1 rings (SSSR count). The largest absolute Gasteiger partial charge is 0.360 e. The zero-order valence-corrected chi connectivity index (χ0v) is 8.42. The van der Waals surface area contributed by atoms with Gasteiger partial charge in [0, 0.05) is 12.3 Å². The number of carbonyl (C=O) groups excluding carboxylic acids is 1. The summed E-state index contributed by atoms with van der Waals surface area (Å²) in [5, 5.41) is 8.68. The second-order valence-electron chi connectivity index (χ2n) is 3.14. The second-order valence-corrected chi connectivity index (χ2v) is 3.14. The molecule has 0 bridgehead atoms. The third-order valence-corrected chi connectivity index (χ3v) is 1.36. The lowest BCUT2D eigenvalue weighted by Crippen LogP contribution is -2.24. The summed E-state index contributed by atoms with van der Waals surface area (Å²) < 4.78 is 4.78. The van der Waals surface area contributed by atoms with E-state index in [1.807, 2.05) is 13.8 Å². The molecule has 0 aromatic carbocycles. The first-order valence-electron chi connectivity index (χ1n) is 4.22. The molecule has 2 N–H and O–H groups in total. The van der Waals surface area contributed by atoms with E-state index in [1.165, 1.54) is 0 Å². The summed E-state index contributed by atoms with van der Waals surface area (Å²) in [5.41, 5.74) is 1.01. The van der Waals surface area contributed by atoms with Crippen molar-refractivity contribution >= 4 is 11.8 Å². The number of aromatic nitrogens is 1. The molecule has 1 aromatic heterocycles. The van der Waals surface area contributed by atoms with Gasteiger partial charge in [-0.25, -0.2) is 4.79 Å². The summed E-state index contributed by atoms with van der Waals surface area (Å²) in [6.45, 7) is 5.53. The van der Waals surface area contributed by atoms with Gasteiger partial charge < -0.3 is 9.84 Å². The molecule has 5 heteroatoms. The first-order chi connectivity index (χ1) is 6.58. The first kappa shape index (κ1) is 10.3. The Hall–Kier alpha value is -1.78. The van der Waals surface area contributed by atoms with Gasteiger partial charge in [-0.05, 0) is 20.8 Å². The molecule has 0 unspecified atom stereocenters. The van der Waals surface area contributed by atoms with Crippen molar-refractivity contribution in [2.45, 2.75) is 20.8 Å². The summed E-state index contributed by atoms with van der Waals surface area (Å²) in [6, 6.07) is 1.31. The SMILES string of the molecule is CC(C)=CNC(=O)Nc1cc(C)on1. The van der Waals surface area contributed by atoms with E-state index in [1.54, 1.807) is 19.2 Å². The molecule has 0 saturated heterocycles. The van der Waals surface area contributed by atoms with Gasteiger partial charge in [0.05, 0.1) is 0 Å². The molecule has 0 spiro atoms. The highest BCUT2D eigenvalue weighted by Gasteiger charge is 2.03. The molecule has 0 aliphatic carbocycles. The predicted octanol–water partition coefficient (Wildman–Crippen LogP) is 2.03. The van der Waals surface area contributed by atoms with E-state index in [4.69, 9.17) is 4.52 Å². The van der Waals surface area contributed by atoms with Crippen molar-refractivity contribution in [3.8, 4) is 0 Å². The highest BCUT2D eigenvalue weighted by atomic mass is 16.5. The summed E-state index contributed by atoms with van der Waals surface area (Å²) in [7, 11) is 0. The molecule has 76 valence electrons. The average molecular weight is 195 g/mol. The Kier molecular flexibility index (Phi) is 3.28. The molecule has 0 aliphatic rings. The van der Waals surface area contributed by atoms with Crippen molar-refractivity contribution in [2.75, 3.05) is 5.32 Å². The minimum atomic E-state index is -0.334. The molecule has 0 atom stereocenters. The summed E-state index contributed by atoms with van der Waals surface area (Å²) in [5.74, 6) is 1.06. The van der Waals surface area contributed by atoms with Gasteiger partial charge >= 0.3 is 6.03 Å². The van der Waals surface area contributed by atoms with E-state index in [0.717, 1.165) is 5.57 Å². The Labute approximate surface area is 82.2 Å². The standard InChI is InChI=1S/C9H13N3O2/c1-6(2)5-10-9(13)11-8-4-7(3)14-12-8/h4-5H,1-3H3,(H2,10,11,12,13). The van der Waals surface area contributed by atoms with Crippen molar-refractivity contribution in [3.05, 3.63) is 23.6 Å². The number of nitrogens with one attached hydrogen (secondary N) is 2. The number of nitrogens with zero attached hydrogens (tertiary/aromatic N) is 1. The molecule has 5 nitrogen and oxygen atoms in total. The number of allylic oxidation sites excluding steroid dienone is 1. The first-order valence-corrected chi connectivity index (χ1v) is 4.22. The number of hydrogen-bond acceptors (Lipinski definition) is 3. The van der Waals surface area contributed by atoms with Crippen LogP contribution in [0.1, 0.15) is 19.6 Å². The monoisotopic (exact) mass is 195 g/mol. The lowest BCUT2D eigenvalue weighted by molar-refractivity contribution is 0.254. The highest BCUT2D eigenvalue weighted by molar-refractivity contribution is 5.88. The summed E-state index contributed by atoms with van der Waals surface area (Å²) in [6.07, 6.45) is 1.61. The fourth-order valence-electron chi connectivity index (χ4n) is 0.788. The number of urea groups is 1. The van der Waals surface area contributed by atoms with Crippen molar-refractivity contribution < 1.29 is 9.32 Å². The van der Waals surface area contributed by atoms with Crippen LogP contribution in [0.15, 0.2) is 22.4 Å². The van der Waals surface area contributed by atoms with Crippen molar-refractivity contribution in [2.24, 2.45) is 0 Å². The molecule has 2 amide bonds. The molecular weight excluding hydrogens is 182 g/mol. The Morgan fingerprint density at radius 1 is 1.57 bits per heavy atom. The minimum Gasteiger partial charge on any atom is -0.360 e. The van der Waals surface area contributed by atoms with Crippen LogP contribution in [0.25, 0.3) is 0 Å². The zero-order valence-electron chi connectivity index (χ0n) is 8.42. The van der Waals surface area contributed by atoms with Crippen LogP contribution in [0.5, 0.6) is 0 Å². The van der Waals surface area contributed by atoms with Gasteiger partial charge in [0.2, 0.25) is 0 Å². The Bertz CT molecular complexity index is 351. The minimum absolute atomic E-state index is 0.334. The van der Waals surface area contributed by atoms with Gasteiger partial charge in [-0.3, -0.25) is 5.32 Å². The van der Waals surface area contributed by atoms with Crippen LogP contribution in [0.3, 0.4) is 0 Å².